The summed E-state index contributed by atoms with van der Waals surface area (Å²) in [5.74, 6) is 0.239. The minimum atomic E-state index is -0.866. The third-order valence-electron chi connectivity index (χ3n) is 4.55. The highest BCUT2D eigenvalue weighted by Gasteiger charge is 2.31. The van der Waals surface area contributed by atoms with Gasteiger partial charge < -0.3 is 15.3 Å². The van der Waals surface area contributed by atoms with Gasteiger partial charge in [-0.15, -0.1) is 0 Å². The molecule has 7 heteroatoms. The molecule has 2 heterocycles. The lowest BCUT2D eigenvalue weighted by Crippen LogP contribution is -2.47. The van der Waals surface area contributed by atoms with E-state index in [1.165, 1.54) is 4.90 Å². The van der Waals surface area contributed by atoms with Gasteiger partial charge in [0.2, 0.25) is 5.95 Å². The number of hydrogen-bond donors (Lipinski definition) is 2. The third-order valence-corrected chi connectivity index (χ3v) is 4.55. The van der Waals surface area contributed by atoms with Crippen molar-refractivity contribution in [1.82, 2.24) is 14.9 Å². The summed E-state index contributed by atoms with van der Waals surface area (Å²) in [6, 6.07) is 9.88. The first-order valence-electron chi connectivity index (χ1n) is 8.36. The normalized spacial score (nSPS) is 20.3. The summed E-state index contributed by atoms with van der Waals surface area (Å²) in [5.41, 5.74) is 1.13. The van der Waals surface area contributed by atoms with Crippen molar-refractivity contribution in [2.24, 2.45) is 5.92 Å². The molecule has 1 saturated heterocycles. The van der Waals surface area contributed by atoms with Crippen LogP contribution in [0.2, 0.25) is 0 Å². The van der Waals surface area contributed by atoms with Gasteiger partial charge in [0.05, 0.1) is 12.4 Å². The van der Waals surface area contributed by atoms with E-state index in [0.29, 0.717) is 31.4 Å². The lowest BCUT2D eigenvalue weighted by molar-refractivity contribution is 0.0917. The van der Waals surface area contributed by atoms with E-state index in [1.54, 1.807) is 0 Å². The Morgan fingerprint density at radius 2 is 2.00 bits per heavy atom. The molecule has 132 valence electrons. The SMILES string of the molecule is O=C(O)N1CCC(CNc2ncc(F)cn2)CC1Cc1ccccc1. The Balaban J connectivity index is 1.61. The van der Waals surface area contributed by atoms with Gasteiger partial charge in [0.1, 0.15) is 0 Å². The minimum Gasteiger partial charge on any atom is -0.465 e. The Labute approximate surface area is 145 Å². The average Bonchev–Trinajstić information content (AvgIpc) is 2.62. The largest absolute Gasteiger partial charge is 0.465 e. The fourth-order valence-electron chi connectivity index (χ4n) is 3.29. The molecule has 6 nitrogen and oxygen atoms in total. The van der Waals surface area contributed by atoms with E-state index in [-0.39, 0.29) is 6.04 Å². The molecule has 1 aliphatic rings. The van der Waals surface area contributed by atoms with Crippen LogP contribution in [-0.2, 0) is 6.42 Å². The van der Waals surface area contributed by atoms with E-state index < -0.39 is 11.9 Å². The van der Waals surface area contributed by atoms with Crippen LogP contribution in [-0.4, -0.2) is 45.2 Å². The summed E-state index contributed by atoms with van der Waals surface area (Å²) < 4.78 is 12.8. The Morgan fingerprint density at radius 1 is 1.28 bits per heavy atom. The van der Waals surface area contributed by atoms with Crippen molar-refractivity contribution in [3.8, 4) is 0 Å². The second-order valence-electron chi connectivity index (χ2n) is 6.32. The van der Waals surface area contributed by atoms with Crippen LogP contribution in [0.1, 0.15) is 18.4 Å². The highest BCUT2D eigenvalue weighted by molar-refractivity contribution is 5.65. The van der Waals surface area contributed by atoms with Crippen LogP contribution in [0, 0.1) is 11.7 Å². The third kappa shape index (κ3) is 4.65. The first-order valence-corrected chi connectivity index (χ1v) is 8.36. The van der Waals surface area contributed by atoms with Gasteiger partial charge in [0.15, 0.2) is 5.82 Å². The zero-order valence-corrected chi connectivity index (χ0v) is 13.8. The van der Waals surface area contributed by atoms with Crippen LogP contribution in [0.5, 0.6) is 0 Å². The lowest BCUT2D eigenvalue weighted by Gasteiger charge is -2.38. The maximum absolute atomic E-state index is 12.8. The highest BCUT2D eigenvalue weighted by Crippen LogP contribution is 2.26. The molecular formula is C18H21FN4O2. The number of rotatable bonds is 5. The smallest absolute Gasteiger partial charge is 0.407 e. The van der Waals surface area contributed by atoms with Gasteiger partial charge in [-0.2, -0.15) is 0 Å². The maximum Gasteiger partial charge on any atom is 0.407 e. The summed E-state index contributed by atoms with van der Waals surface area (Å²) in [5, 5.41) is 12.6. The number of likely N-dealkylation sites (tertiary alicyclic amines) is 1. The van der Waals surface area contributed by atoms with Crippen molar-refractivity contribution in [2.45, 2.75) is 25.3 Å². The molecule has 2 unspecified atom stereocenters. The average molecular weight is 344 g/mol. The Bertz CT molecular complexity index is 696. The number of nitrogens with one attached hydrogen (secondary N) is 1. The fourth-order valence-corrected chi connectivity index (χ4v) is 3.29. The zero-order chi connectivity index (χ0) is 17.6. The number of aromatic nitrogens is 2. The topological polar surface area (TPSA) is 78.4 Å². The summed E-state index contributed by atoms with van der Waals surface area (Å²) >= 11 is 0. The fraction of sp³-hybridized carbons (Fsp3) is 0.389. The number of amides is 1. The second kappa shape index (κ2) is 7.92. The number of benzene rings is 1. The van der Waals surface area contributed by atoms with Crippen molar-refractivity contribution >= 4 is 12.0 Å². The molecule has 1 aromatic carbocycles. The van der Waals surface area contributed by atoms with E-state index in [9.17, 15) is 14.3 Å². The molecule has 0 aliphatic carbocycles. The quantitative estimate of drug-likeness (QED) is 0.872. The second-order valence-corrected chi connectivity index (χ2v) is 6.32. The number of carboxylic acid groups (broad SMARTS) is 1. The van der Waals surface area contributed by atoms with Gasteiger partial charge in [-0.25, -0.2) is 19.2 Å². The standard InChI is InChI=1S/C18H21FN4O2/c19-15-11-21-17(22-12-15)20-10-14-6-7-23(18(24)25)16(9-14)8-13-4-2-1-3-5-13/h1-5,11-12,14,16H,6-10H2,(H,24,25)(H,20,21,22). The highest BCUT2D eigenvalue weighted by atomic mass is 19.1. The number of nitrogens with zero attached hydrogens (tertiary/aromatic N) is 3. The number of anilines is 1. The van der Waals surface area contributed by atoms with Gasteiger partial charge >= 0.3 is 6.09 Å². The Hall–Kier alpha value is -2.70. The maximum atomic E-state index is 12.8. The van der Waals surface area contributed by atoms with Crippen molar-refractivity contribution in [3.63, 3.8) is 0 Å². The van der Waals surface area contributed by atoms with Crippen molar-refractivity contribution in [1.29, 1.82) is 0 Å². The molecule has 2 atom stereocenters. The van der Waals surface area contributed by atoms with Gasteiger partial charge in [0, 0.05) is 19.1 Å². The Morgan fingerprint density at radius 3 is 2.68 bits per heavy atom. The molecule has 0 bridgehead atoms. The molecule has 3 rings (SSSR count). The van der Waals surface area contributed by atoms with Crippen molar-refractivity contribution < 1.29 is 14.3 Å². The summed E-state index contributed by atoms with van der Waals surface area (Å²) in [6.07, 6.45) is 3.65. The molecule has 0 saturated carbocycles. The molecule has 1 aliphatic heterocycles. The monoisotopic (exact) mass is 344 g/mol. The summed E-state index contributed by atoms with van der Waals surface area (Å²) in [7, 11) is 0. The van der Waals surface area contributed by atoms with Gasteiger partial charge in [-0.3, -0.25) is 0 Å². The molecule has 25 heavy (non-hydrogen) atoms. The predicted molar refractivity (Wildman–Crippen MR) is 91.9 cm³/mol. The number of hydrogen-bond acceptors (Lipinski definition) is 4. The molecule has 0 spiro atoms. The van der Waals surface area contributed by atoms with E-state index in [1.807, 2.05) is 30.3 Å². The van der Waals surface area contributed by atoms with E-state index in [0.717, 1.165) is 30.8 Å². The molecule has 0 radical (unpaired) electrons. The van der Waals surface area contributed by atoms with Crippen LogP contribution in [0.15, 0.2) is 42.7 Å². The van der Waals surface area contributed by atoms with Crippen LogP contribution in [0.3, 0.4) is 0 Å². The van der Waals surface area contributed by atoms with E-state index in [2.05, 4.69) is 15.3 Å². The van der Waals surface area contributed by atoms with Gasteiger partial charge in [-0.1, -0.05) is 30.3 Å². The van der Waals surface area contributed by atoms with Crippen molar-refractivity contribution in [2.75, 3.05) is 18.4 Å². The van der Waals surface area contributed by atoms with Gasteiger partial charge in [-0.05, 0) is 30.7 Å². The number of piperidine rings is 1. The molecule has 2 aromatic rings. The molecule has 1 amide bonds. The lowest BCUT2D eigenvalue weighted by atomic mass is 9.87. The molecule has 1 aromatic heterocycles. The number of halogens is 1. The van der Waals surface area contributed by atoms with Crippen LogP contribution < -0.4 is 5.32 Å². The zero-order valence-electron chi connectivity index (χ0n) is 13.8. The minimum absolute atomic E-state index is 0.0467. The number of carbonyl (C=O) groups is 1. The van der Waals surface area contributed by atoms with Crippen LogP contribution in [0.4, 0.5) is 15.1 Å². The Kier molecular flexibility index (Phi) is 5.42. The summed E-state index contributed by atoms with van der Waals surface area (Å²) in [4.78, 5) is 20.8. The molecule has 1 fully saturated rings. The van der Waals surface area contributed by atoms with Gasteiger partial charge in [0.25, 0.3) is 0 Å². The molecule has 2 N–H and O–H groups in total. The van der Waals surface area contributed by atoms with E-state index >= 15 is 0 Å². The van der Waals surface area contributed by atoms with E-state index in [4.69, 9.17) is 0 Å². The molecular weight excluding hydrogens is 323 g/mol. The first-order chi connectivity index (χ1) is 12.1. The predicted octanol–water partition coefficient (Wildman–Crippen LogP) is 3.03. The van der Waals surface area contributed by atoms with Crippen molar-refractivity contribution in [3.05, 3.63) is 54.1 Å². The van der Waals surface area contributed by atoms with Crippen LogP contribution >= 0.6 is 0 Å². The van der Waals surface area contributed by atoms with Crippen LogP contribution in [0.25, 0.3) is 0 Å². The summed E-state index contributed by atoms with van der Waals surface area (Å²) in [6.45, 7) is 1.16. The first kappa shape index (κ1) is 17.1.